The van der Waals surface area contributed by atoms with Gasteiger partial charge in [-0.25, -0.2) is 4.68 Å². The van der Waals surface area contributed by atoms with Crippen LogP contribution in [0.3, 0.4) is 0 Å². The molecule has 40 heavy (non-hydrogen) atoms. The number of nitrogens with zero attached hydrogens (tertiary/aromatic N) is 2. The molecular weight excluding hydrogens is 519 g/mol. The molecule has 0 saturated carbocycles. The summed E-state index contributed by atoms with van der Waals surface area (Å²) in [6.45, 7) is 2.68. The van der Waals surface area contributed by atoms with Crippen molar-refractivity contribution in [2.24, 2.45) is 5.73 Å². The highest BCUT2D eigenvalue weighted by molar-refractivity contribution is 5.90. The predicted octanol–water partition coefficient (Wildman–Crippen LogP) is 5.58. The van der Waals surface area contributed by atoms with Crippen LogP contribution in [0, 0.1) is 0 Å². The van der Waals surface area contributed by atoms with E-state index in [0.29, 0.717) is 30.6 Å². The van der Waals surface area contributed by atoms with E-state index in [9.17, 15) is 22.8 Å². The molecular formula is C30H30F3N5O2. The van der Waals surface area contributed by atoms with Crippen molar-refractivity contribution in [3.05, 3.63) is 90.1 Å². The molecule has 0 aliphatic heterocycles. The van der Waals surface area contributed by atoms with Gasteiger partial charge in [0.15, 0.2) is 0 Å². The number of anilines is 1. The van der Waals surface area contributed by atoms with E-state index in [1.54, 1.807) is 16.8 Å². The Hall–Kier alpha value is -4.44. The van der Waals surface area contributed by atoms with Gasteiger partial charge in [0, 0.05) is 43.6 Å². The molecule has 4 N–H and O–H groups in total. The molecule has 0 spiro atoms. The third kappa shape index (κ3) is 7.15. The number of hydrogen-bond acceptors (Lipinski definition) is 4. The van der Waals surface area contributed by atoms with Crippen molar-refractivity contribution in [3.63, 3.8) is 0 Å². The van der Waals surface area contributed by atoms with Crippen LogP contribution >= 0.6 is 0 Å². The van der Waals surface area contributed by atoms with E-state index in [2.05, 4.69) is 10.6 Å². The van der Waals surface area contributed by atoms with Gasteiger partial charge >= 0.3 is 6.18 Å². The number of carbonyl (C=O) groups excluding carboxylic acids is 2. The minimum atomic E-state index is -4.38. The van der Waals surface area contributed by atoms with Crippen molar-refractivity contribution in [2.45, 2.75) is 32.4 Å². The monoisotopic (exact) mass is 549 g/mol. The van der Waals surface area contributed by atoms with Gasteiger partial charge in [0.25, 0.3) is 0 Å². The minimum absolute atomic E-state index is 0.0583. The topological polar surface area (TPSA) is 102 Å². The van der Waals surface area contributed by atoms with Crippen LogP contribution in [0.5, 0.6) is 0 Å². The van der Waals surface area contributed by atoms with E-state index in [4.69, 9.17) is 10.8 Å². The van der Waals surface area contributed by atoms with Gasteiger partial charge in [0.2, 0.25) is 11.8 Å². The van der Waals surface area contributed by atoms with Crippen LogP contribution in [0.25, 0.3) is 28.1 Å². The number of nitrogens with one attached hydrogen (secondary N) is 2. The summed E-state index contributed by atoms with van der Waals surface area (Å²) in [6, 6.07) is 21.6. The lowest BCUT2D eigenvalue weighted by molar-refractivity contribution is -0.137. The fourth-order valence-electron chi connectivity index (χ4n) is 4.21. The quantitative estimate of drug-likeness (QED) is 0.240. The van der Waals surface area contributed by atoms with E-state index in [-0.39, 0.29) is 24.8 Å². The highest BCUT2D eigenvalue weighted by Gasteiger charge is 2.30. The van der Waals surface area contributed by atoms with Crippen LogP contribution in [0.4, 0.5) is 18.9 Å². The molecule has 7 nitrogen and oxygen atoms in total. The first-order valence-electron chi connectivity index (χ1n) is 12.9. The van der Waals surface area contributed by atoms with Crippen molar-refractivity contribution >= 4 is 17.5 Å². The Bertz CT molecular complexity index is 1440. The standard InChI is InChI=1S/C30H30F3N5O2/c1-2-35-28(39)16-13-25-19-27(38(37-25)26-14-11-24(12-15-26)36-29(40)17-18-34)22-5-3-20(4-6-22)21-7-9-23(10-8-21)30(31,32)33/h3-12,14-15,19H,2,13,16-18,34H2,1H3,(H,35,39)(H,36,40). The SMILES string of the molecule is CCNC(=O)CCc1cc(-c2ccc(-c3ccc(C(F)(F)F)cc3)cc2)n(-c2ccc(NC(=O)CCN)cc2)n1. The van der Waals surface area contributed by atoms with Gasteiger partial charge in [0.05, 0.1) is 22.6 Å². The van der Waals surface area contributed by atoms with Crippen molar-refractivity contribution in [1.29, 1.82) is 0 Å². The molecule has 1 aromatic heterocycles. The summed E-state index contributed by atoms with van der Waals surface area (Å²) >= 11 is 0. The molecule has 0 aliphatic carbocycles. The largest absolute Gasteiger partial charge is 0.416 e. The molecule has 208 valence electrons. The fraction of sp³-hybridized carbons (Fsp3) is 0.233. The smallest absolute Gasteiger partial charge is 0.356 e. The highest BCUT2D eigenvalue weighted by atomic mass is 19.4. The van der Waals surface area contributed by atoms with Gasteiger partial charge in [-0.2, -0.15) is 18.3 Å². The first kappa shape index (κ1) is 28.6. The highest BCUT2D eigenvalue weighted by Crippen LogP contribution is 2.32. The van der Waals surface area contributed by atoms with Gasteiger partial charge < -0.3 is 16.4 Å². The molecule has 0 radical (unpaired) electrons. The average Bonchev–Trinajstić information content (AvgIpc) is 3.37. The Labute approximate surface area is 230 Å². The van der Waals surface area contributed by atoms with Crippen molar-refractivity contribution in [1.82, 2.24) is 15.1 Å². The van der Waals surface area contributed by atoms with Crippen molar-refractivity contribution < 1.29 is 22.8 Å². The molecule has 0 aliphatic rings. The summed E-state index contributed by atoms with van der Waals surface area (Å²) in [5.41, 5.74) is 9.93. The number of carbonyl (C=O) groups is 2. The van der Waals surface area contributed by atoms with Crippen LogP contribution in [0.15, 0.2) is 78.9 Å². The van der Waals surface area contributed by atoms with Crippen LogP contribution < -0.4 is 16.4 Å². The van der Waals surface area contributed by atoms with Gasteiger partial charge in [-0.15, -0.1) is 0 Å². The Balaban J connectivity index is 1.62. The van der Waals surface area contributed by atoms with Crippen LogP contribution in [0.1, 0.15) is 31.0 Å². The molecule has 10 heteroatoms. The molecule has 2 amide bonds. The van der Waals surface area contributed by atoms with Gasteiger partial charge in [-0.1, -0.05) is 36.4 Å². The lowest BCUT2D eigenvalue weighted by atomic mass is 10.0. The fourth-order valence-corrected chi connectivity index (χ4v) is 4.21. The summed E-state index contributed by atoms with van der Waals surface area (Å²) < 4.78 is 40.6. The average molecular weight is 550 g/mol. The molecule has 4 aromatic rings. The summed E-state index contributed by atoms with van der Waals surface area (Å²) in [5, 5.41) is 10.3. The summed E-state index contributed by atoms with van der Waals surface area (Å²) in [4.78, 5) is 23.9. The van der Waals surface area contributed by atoms with Gasteiger partial charge in [-0.3, -0.25) is 9.59 Å². The number of benzene rings is 3. The summed E-state index contributed by atoms with van der Waals surface area (Å²) in [6.07, 6.45) is -3.42. The number of alkyl halides is 3. The molecule has 0 saturated heterocycles. The number of amides is 2. The first-order chi connectivity index (χ1) is 19.2. The zero-order valence-electron chi connectivity index (χ0n) is 22.0. The van der Waals surface area contributed by atoms with E-state index < -0.39 is 11.7 Å². The van der Waals surface area contributed by atoms with Crippen molar-refractivity contribution in [2.75, 3.05) is 18.4 Å². The van der Waals surface area contributed by atoms with E-state index in [0.717, 1.165) is 40.3 Å². The number of aryl methyl sites for hydroxylation is 1. The minimum Gasteiger partial charge on any atom is -0.356 e. The maximum atomic E-state index is 12.9. The lowest BCUT2D eigenvalue weighted by Gasteiger charge is -2.11. The predicted molar refractivity (Wildman–Crippen MR) is 149 cm³/mol. The Kier molecular flexibility index (Phi) is 9.00. The maximum Gasteiger partial charge on any atom is 0.416 e. The molecule has 0 fully saturated rings. The number of rotatable bonds is 10. The van der Waals surface area contributed by atoms with E-state index in [1.807, 2.05) is 49.4 Å². The second-order valence-electron chi connectivity index (χ2n) is 9.17. The third-order valence-electron chi connectivity index (χ3n) is 6.24. The third-order valence-corrected chi connectivity index (χ3v) is 6.24. The zero-order valence-corrected chi connectivity index (χ0v) is 22.0. The first-order valence-corrected chi connectivity index (χ1v) is 12.9. The second kappa shape index (κ2) is 12.6. The van der Waals surface area contributed by atoms with Crippen LogP contribution in [-0.2, 0) is 22.2 Å². The summed E-state index contributed by atoms with van der Waals surface area (Å²) in [5.74, 6) is -0.229. The van der Waals surface area contributed by atoms with Gasteiger partial charge in [0.1, 0.15) is 0 Å². The normalized spacial score (nSPS) is 11.3. The molecule has 0 bridgehead atoms. The maximum absolute atomic E-state index is 12.9. The number of aromatic nitrogens is 2. The van der Waals surface area contributed by atoms with Crippen LogP contribution in [0.2, 0.25) is 0 Å². The van der Waals surface area contributed by atoms with Crippen molar-refractivity contribution in [3.8, 4) is 28.1 Å². The second-order valence-corrected chi connectivity index (χ2v) is 9.17. The Morgan fingerprint density at radius 1 is 0.850 bits per heavy atom. The number of halogens is 3. The van der Waals surface area contributed by atoms with E-state index >= 15 is 0 Å². The van der Waals surface area contributed by atoms with Crippen LogP contribution in [-0.4, -0.2) is 34.7 Å². The Morgan fingerprint density at radius 3 is 2.02 bits per heavy atom. The Morgan fingerprint density at radius 2 is 1.45 bits per heavy atom. The molecule has 3 aromatic carbocycles. The number of nitrogens with two attached hydrogens (primary N) is 1. The lowest BCUT2D eigenvalue weighted by Crippen LogP contribution is -2.22. The molecule has 1 heterocycles. The number of hydrogen-bond donors (Lipinski definition) is 3. The van der Waals surface area contributed by atoms with E-state index in [1.165, 1.54) is 12.1 Å². The summed E-state index contributed by atoms with van der Waals surface area (Å²) in [7, 11) is 0. The molecule has 4 rings (SSSR count). The zero-order chi connectivity index (χ0) is 28.7. The molecule has 0 unspecified atom stereocenters. The molecule has 0 atom stereocenters. The van der Waals surface area contributed by atoms with Gasteiger partial charge in [-0.05, 0) is 60.5 Å².